The van der Waals surface area contributed by atoms with Crippen molar-refractivity contribution in [2.24, 2.45) is 17.3 Å². The molecule has 86 valence electrons. The van der Waals surface area contributed by atoms with Gasteiger partial charge in [0, 0.05) is 0 Å². The lowest BCUT2D eigenvalue weighted by atomic mass is 10.1. The molecule has 1 aliphatic rings. The van der Waals surface area contributed by atoms with Crippen LogP contribution in [0.25, 0.3) is 0 Å². The van der Waals surface area contributed by atoms with Gasteiger partial charge < -0.3 is 5.11 Å². The van der Waals surface area contributed by atoms with E-state index >= 15 is 0 Å². The second kappa shape index (κ2) is 3.99. The fraction of sp³-hybridized carbons (Fsp3) is 0.667. The third-order valence-corrected chi connectivity index (χ3v) is 4.08. The van der Waals surface area contributed by atoms with Crippen LogP contribution in [-0.2, 0) is 4.79 Å². The number of carboxylic acids is 1. The van der Waals surface area contributed by atoms with E-state index < -0.39 is 15.7 Å². The summed E-state index contributed by atoms with van der Waals surface area (Å²) in [6, 6.07) is 0. The molecule has 15 heavy (non-hydrogen) atoms. The number of aliphatic carboxylic acids is 1. The molecule has 0 heterocycles. The predicted molar refractivity (Wildman–Crippen MR) is 62.6 cm³/mol. The van der Waals surface area contributed by atoms with E-state index in [-0.39, 0.29) is 16.4 Å². The van der Waals surface area contributed by atoms with Crippen molar-refractivity contribution < 1.29 is 9.90 Å². The molecule has 0 aromatic rings. The highest BCUT2D eigenvalue weighted by atomic mass is 35.6. The molecular formula is C9H10Cl4O2. The quantitative estimate of drug-likeness (QED) is 0.785. The van der Waals surface area contributed by atoms with Crippen LogP contribution in [0.2, 0.25) is 0 Å². The molecule has 0 aromatic carbocycles. The zero-order valence-corrected chi connectivity index (χ0v) is 11.1. The van der Waals surface area contributed by atoms with Crippen LogP contribution in [-0.4, -0.2) is 14.9 Å². The average molecular weight is 292 g/mol. The van der Waals surface area contributed by atoms with Crippen molar-refractivity contribution in [2.45, 2.75) is 17.6 Å². The lowest BCUT2D eigenvalue weighted by molar-refractivity contribution is -0.139. The summed E-state index contributed by atoms with van der Waals surface area (Å²) >= 11 is 22.4. The summed E-state index contributed by atoms with van der Waals surface area (Å²) in [5.41, 5.74) is -0.331. The Bertz CT molecular complexity index is 317. The molecule has 0 aliphatic heterocycles. The van der Waals surface area contributed by atoms with E-state index in [0.29, 0.717) is 0 Å². The molecule has 1 rings (SSSR count). The van der Waals surface area contributed by atoms with Crippen LogP contribution in [0.1, 0.15) is 13.8 Å². The van der Waals surface area contributed by atoms with Crippen molar-refractivity contribution in [2.75, 3.05) is 0 Å². The van der Waals surface area contributed by atoms with Crippen molar-refractivity contribution in [1.82, 2.24) is 0 Å². The van der Waals surface area contributed by atoms with Gasteiger partial charge >= 0.3 is 5.97 Å². The monoisotopic (exact) mass is 290 g/mol. The molecule has 0 amide bonds. The largest absolute Gasteiger partial charge is 0.481 e. The van der Waals surface area contributed by atoms with E-state index in [1.54, 1.807) is 0 Å². The predicted octanol–water partition coefficient (Wildman–Crippen LogP) is 3.84. The Hall–Kier alpha value is 0.370. The van der Waals surface area contributed by atoms with Crippen molar-refractivity contribution in [3.63, 3.8) is 0 Å². The number of halogens is 4. The molecule has 0 radical (unpaired) electrons. The van der Waals surface area contributed by atoms with Crippen LogP contribution in [0.15, 0.2) is 11.1 Å². The third kappa shape index (κ3) is 2.73. The molecule has 1 aliphatic carbocycles. The Balaban J connectivity index is 2.83. The van der Waals surface area contributed by atoms with Gasteiger partial charge in [0.1, 0.15) is 0 Å². The minimum Gasteiger partial charge on any atom is -0.481 e. The highest BCUT2D eigenvalue weighted by molar-refractivity contribution is 6.72. The SMILES string of the molecule is CC1(C)[C@H](C(=O)O)[C@@H]1/C=C(\Cl)C(Cl)(Cl)Cl. The number of allylic oxidation sites excluding steroid dienone is 2. The van der Waals surface area contributed by atoms with Crippen LogP contribution >= 0.6 is 46.4 Å². The molecule has 0 saturated heterocycles. The second-order valence-electron chi connectivity index (χ2n) is 4.18. The van der Waals surface area contributed by atoms with E-state index in [4.69, 9.17) is 51.5 Å². The normalized spacial score (nSPS) is 30.1. The summed E-state index contributed by atoms with van der Waals surface area (Å²) in [5, 5.41) is 8.95. The van der Waals surface area contributed by atoms with Crippen LogP contribution in [0.3, 0.4) is 0 Å². The third-order valence-electron chi connectivity index (χ3n) is 2.77. The van der Waals surface area contributed by atoms with E-state index in [1.807, 2.05) is 13.8 Å². The topological polar surface area (TPSA) is 37.3 Å². The summed E-state index contributed by atoms with van der Waals surface area (Å²) in [6.07, 6.45) is 1.52. The van der Waals surface area contributed by atoms with Gasteiger partial charge in [-0.2, -0.15) is 0 Å². The molecule has 2 atom stereocenters. The smallest absolute Gasteiger partial charge is 0.307 e. The fourth-order valence-electron chi connectivity index (χ4n) is 1.71. The zero-order chi connectivity index (χ0) is 12.0. The molecule has 1 saturated carbocycles. The van der Waals surface area contributed by atoms with Crippen LogP contribution in [0.4, 0.5) is 0 Å². The number of alkyl halides is 3. The van der Waals surface area contributed by atoms with Gasteiger partial charge in [-0.05, 0) is 11.3 Å². The summed E-state index contributed by atoms with van der Waals surface area (Å²) in [5.74, 6) is -1.49. The molecule has 0 aromatic heterocycles. The standard InChI is InChI=1S/C9H10Cl4O2/c1-8(2)4(6(8)7(14)15)3-5(10)9(11,12)13/h3-4,6H,1-2H3,(H,14,15)/b5-3-/t4-,6-/m0/s1. The minimum absolute atomic E-state index is 0.0503. The first-order valence-electron chi connectivity index (χ1n) is 4.26. The maximum atomic E-state index is 10.8. The maximum absolute atomic E-state index is 10.8. The number of carbonyl (C=O) groups is 1. The number of hydrogen-bond donors (Lipinski definition) is 1. The number of rotatable bonds is 2. The Kier molecular flexibility index (Phi) is 3.57. The van der Waals surface area contributed by atoms with Gasteiger partial charge in [-0.3, -0.25) is 4.79 Å². The van der Waals surface area contributed by atoms with Crippen molar-refractivity contribution in [1.29, 1.82) is 0 Å². The van der Waals surface area contributed by atoms with Gasteiger partial charge in [0.2, 0.25) is 3.79 Å². The summed E-state index contributed by atoms with van der Waals surface area (Å²) in [7, 11) is 0. The van der Waals surface area contributed by atoms with Gasteiger partial charge in [0.05, 0.1) is 11.0 Å². The fourth-order valence-corrected chi connectivity index (χ4v) is 2.04. The Morgan fingerprint density at radius 2 is 1.87 bits per heavy atom. The summed E-state index contributed by atoms with van der Waals surface area (Å²) < 4.78 is -1.68. The van der Waals surface area contributed by atoms with Gasteiger partial charge in [-0.25, -0.2) is 0 Å². The van der Waals surface area contributed by atoms with Gasteiger partial charge in [-0.15, -0.1) is 0 Å². The maximum Gasteiger partial charge on any atom is 0.307 e. The van der Waals surface area contributed by atoms with E-state index in [2.05, 4.69) is 0 Å². The van der Waals surface area contributed by atoms with E-state index in [1.165, 1.54) is 6.08 Å². The molecule has 0 bridgehead atoms. The summed E-state index contributed by atoms with van der Waals surface area (Å²) in [4.78, 5) is 10.8. The first-order valence-corrected chi connectivity index (χ1v) is 5.77. The van der Waals surface area contributed by atoms with Crippen molar-refractivity contribution in [3.8, 4) is 0 Å². The zero-order valence-electron chi connectivity index (χ0n) is 8.10. The first kappa shape index (κ1) is 13.4. The average Bonchev–Trinajstić information content (AvgIpc) is 2.50. The van der Waals surface area contributed by atoms with Crippen molar-refractivity contribution in [3.05, 3.63) is 11.1 Å². The second-order valence-corrected chi connectivity index (χ2v) is 6.86. The first-order chi connectivity index (χ1) is 6.58. The van der Waals surface area contributed by atoms with E-state index in [9.17, 15) is 4.79 Å². The van der Waals surface area contributed by atoms with Crippen molar-refractivity contribution >= 4 is 52.4 Å². The summed E-state index contributed by atoms with van der Waals surface area (Å²) in [6.45, 7) is 3.69. The Morgan fingerprint density at radius 3 is 2.13 bits per heavy atom. The molecular weight excluding hydrogens is 282 g/mol. The van der Waals surface area contributed by atoms with Gasteiger partial charge in [0.15, 0.2) is 0 Å². The molecule has 1 N–H and O–H groups in total. The van der Waals surface area contributed by atoms with Crippen LogP contribution < -0.4 is 0 Å². The lowest BCUT2D eigenvalue weighted by Gasteiger charge is -2.09. The molecule has 0 unspecified atom stereocenters. The van der Waals surface area contributed by atoms with Crippen LogP contribution in [0, 0.1) is 17.3 Å². The molecule has 2 nitrogen and oxygen atoms in total. The molecule has 0 spiro atoms. The Morgan fingerprint density at radius 1 is 1.40 bits per heavy atom. The van der Waals surface area contributed by atoms with E-state index in [0.717, 1.165) is 0 Å². The Labute approximate surface area is 108 Å². The lowest BCUT2D eigenvalue weighted by Crippen LogP contribution is -2.03. The minimum atomic E-state index is -1.68. The van der Waals surface area contributed by atoms with Gasteiger partial charge in [0.25, 0.3) is 0 Å². The van der Waals surface area contributed by atoms with Gasteiger partial charge in [-0.1, -0.05) is 66.3 Å². The molecule has 1 fully saturated rings. The van der Waals surface area contributed by atoms with Crippen LogP contribution in [0.5, 0.6) is 0 Å². The highest BCUT2D eigenvalue weighted by Crippen LogP contribution is 2.60. The molecule has 6 heteroatoms. The number of carboxylic acid groups (broad SMARTS) is 1. The number of hydrogen-bond acceptors (Lipinski definition) is 1. The highest BCUT2D eigenvalue weighted by Gasteiger charge is 2.61.